The molecule has 3 heteroatoms. The fourth-order valence-corrected chi connectivity index (χ4v) is 2.51. The van der Waals surface area contributed by atoms with Crippen LogP contribution in [0.3, 0.4) is 0 Å². The Balaban J connectivity index is 3.37. The Morgan fingerprint density at radius 3 is 2.31 bits per heavy atom. The van der Waals surface area contributed by atoms with Gasteiger partial charge >= 0.3 is 0 Å². The van der Waals surface area contributed by atoms with Gasteiger partial charge in [0.2, 0.25) is 0 Å². The number of halogens is 1. The molecular weight excluding hydrogens is 204 g/mol. The number of rotatable bonds is 2. The zero-order chi connectivity index (χ0) is 10.0. The van der Waals surface area contributed by atoms with Crippen LogP contribution in [-0.4, -0.2) is 7.11 Å². The second kappa shape index (κ2) is 4.25. The van der Waals surface area contributed by atoms with Crippen molar-refractivity contribution in [3.05, 3.63) is 22.8 Å². The van der Waals surface area contributed by atoms with Crippen molar-refractivity contribution in [2.24, 2.45) is 0 Å². The summed E-state index contributed by atoms with van der Waals surface area (Å²) in [6.45, 7) is 6.15. The highest BCUT2D eigenvalue weighted by Gasteiger charge is 2.09. The molecule has 0 amide bonds. The normalized spacial score (nSPS) is 10.2. The highest BCUT2D eigenvalue weighted by Crippen LogP contribution is 2.35. The summed E-state index contributed by atoms with van der Waals surface area (Å²) in [7, 11) is 8.74. The first-order valence-electron chi connectivity index (χ1n) is 4.05. The second-order valence-corrected chi connectivity index (χ2v) is 4.08. The molecule has 0 N–H and O–H groups in total. The minimum absolute atomic E-state index is 0.935. The van der Waals surface area contributed by atoms with Crippen LogP contribution in [0.5, 0.6) is 5.75 Å². The van der Waals surface area contributed by atoms with Crippen molar-refractivity contribution >= 4 is 21.7 Å². The summed E-state index contributed by atoms with van der Waals surface area (Å²) in [6, 6.07) is 2.02. The summed E-state index contributed by atoms with van der Waals surface area (Å²) in [5.41, 5.74) is 3.54. The number of hydrogen-bond acceptors (Lipinski definition) is 2. The molecule has 0 atom stereocenters. The van der Waals surface area contributed by atoms with Gasteiger partial charge in [-0.05, 0) is 65.2 Å². The smallest absolute Gasteiger partial charge is 0.122 e. The predicted molar refractivity (Wildman–Crippen MR) is 58.9 cm³/mol. The lowest BCUT2D eigenvalue weighted by atomic mass is 10.1. The molecule has 1 aromatic carbocycles. The molecule has 0 unspecified atom stereocenters. The summed E-state index contributed by atoms with van der Waals surface area (Å²) < 4.78 is 5.25. The molecule has 0 spiro atoms. The van der Waals surface area contributed by atoms with Gasteiger partial charge in [0, 0.05) is 4.90 Å². The lowest BCUT2D eigenvalue weighted by Gasteiger charge is -2.13. The molecule has 0 heterocycles. The van der Waals surface area contributed by atoms with Gasteiger partial charge in [-0.15, -0.1) is 0 Å². The molecule has 0 aliphatic carbocycles. The molecule has 0 saturated heterocycles. The van der Waals surface area contributed by atoms with E-state index in [2.05, 4.69) is 6.92 Å². The molecule has 72 valence electrons. The summed E-state index contributed by atoms with van der Waals surface area (Å²) in [5, 5.41) is 0. The number of ether oxygens (including phenoxy) is 1. The molecular formula is C10H13ClOS. The zero-order valence-electron chi connectivity index (χ0n) is 8.27. The van der Waals surface area contributed by atoms with Gasteiger partial charge in [-0.2, -0.15) is 0 Å². The molecule has 13 heavy (non-hydrogen) atoms. The van der Waals surface area contributed by atoms with E-state index in [-0.39, 0.29) is 0 Å². The topological polar surface area (TPSA) is 9.23 Å². The van der Waals surface area contributed by atoms with Crippen LogP contribution in [-0.2, 0) is 0 Å². The van der Waals surface area contributed by atoms with Crippen LogP contribution in [0.25, 0.3) is 0 Å². The maximum atomic E-state index is 5.78. The van der Waals surface area contributed by atoms with E-state index in [9.17, 15) is 0 Å². The van der Waals surface area contributed by atoms with Crippen molar-refractivity contribution in [1.29, 1.82) is 0 Å². The number of aryl methyl sites for hydroxylation is 1. The summed E-state index contributed by atoms with van der Waals surface area (Å²) in [4.78, 5) is 1.14. The van der Waals surface area contributed by atoms with E-state index in [0.717, 1.165) is 16.2 Å². The summed E-state index contributed by atoms with van der Waals surface area (Å²) in [5.74, 6) is 0.935. The van der Waals surface area contributed by atoms with Gasteiger partial charge in [0.05, 0.1) is 7.11 Å². The molecule has 1 aromatic rings. The lowest BCUT2D eigenvalue weighted by Crippen LogP contribution is -1.94. The summed E-state index contributed by atoms with van der Waals surface area (Å²) >= 11 is 0. The van der Waals surface area contributed by atoms with Crippen LogP contribution >= 0.6 is 21.7 Å². The van der Waals surface area contributed by atoms with Crippen molar-refractivity contribution < 1.29 is 4.74 Å². The van der Waals surface area contributed by atoms with E-state index in [1.54, 1.807) is 7.11 Å². The van der Waals surface area contributed by atoms with Crippen LogP contribution in [0, 0.1) is 20.8 Å². The Bertz CT molecular complexity index is 323. The molecule has 0 fully saturated rings. The number of methoxy groups -OCH3 is 1. The Morgan fingerprint density at radius 1 is 1.23 bits per heavy atom. The highest BCUT2D eigenvalue weighted by atomic mass is 35.7. The largest absolute Gasteiger partial charge is 0.496 e. The quantitative estimate of drug-likeness (QED) is 0.743. The second-order valence-electron chi connectivity index (χ2n) is 3.05. The minimum Gasteiger partial charge on any atom is -0.496 e. The Kier molecular flexibility index (Phi) is 3.51. The molecule has 0 radical (unpaired) electrons. The van der Waals surface area contributed by atoms with E-state index in [4.69, 9.17) is 15.4 Å². The SMILES string of the molecule is COc1cc(C)c(SCl)c(C)c1C. The molecule has 0 saturated carbocycles. The third kappa shape index (κ3) is 1.94. The fourth-order valence-electron chi connectivity index (χ4n) is 1.35. The van der Waals surface area contributed by atoms with Crippen LogP contribution in [0.15, 0.2) is 11.0 Å². The van der Waals surface area contributed by atoms with Crippen molar-refractivity contribution in [1.82, 2.24) is 0 Å². The first kappa shape index (κ1) is 10.7. The third-order valence-electron chi connectivity index (χ3n) is 2.28. The monoisotopic (exact) mass is 216 g/mol. The molecule has 1 rings (SSSR count). The van der Waals surface area contributed by atoms with Gasteiger partial charge < -0.3 is 4.74 Å². The van der Waals surface area contributed by atoms with Gasteiger partial charge in [0.15, 0.2) is 0 Å². The van der Waals surface area contributed by atoms with E-state index >= 15 is 0 Å². The Morgan fingerprint density at radius 2 is 1.85 bits per heavy atom. The minimum atomic E-state index is 0.935. The summed E-state index contributed by atoms with van der Waals surface area (Å²) in [6.07, 6.45) is 0. The van der Waals surface area contributed by atoms with Crippen molar-refractivity contribution in [3.63, 3.8) is 0 Å². The van der Waals surface area contributed by atoms with Crippen molar-refractivity contribution in [3.8, 4) is 5.75 Å². The standard InChI is InChI=1S/C10H13ClOS/c1-6-5-9(12-4)7(2)8(3)10(6)13-11/h5H,1-4H3. The third-order valence-corrected chi connectivity index (χ3v) is 3.52. The van der Waals surface area contributed by atoms with E-state index < -0.39 is 0 Å². The number of benzene rings is 1. The maximum Gasteiger partial charge on any atom is 0.122 e. The first-order chi connectivity index (χ1) is 6.11. The molecule has 0 aromatic heterocycles. The highest BCUT2D eigenvalue weighted by molar-refractivity contribution is 8.21. The first-order valence-corrected chi connectivity index (χ1v) is 5.69. The molecule has 1 nitrogen and oxygen atoms in total. The van der Waals surface area contributed by atoms with Crippen LogP contribution < -0.4 is 4.74 Å². The van der Waals surface area contributed by atoms with Crippen LogP contribution in [0.2, 0.25) is 0 Å². The molecule has 0 aliphatic heterocycles. The lowest BCUT2D eigenvalue weighted by molar-refractivity contribution is 0.410. The molecule has 0 bridgehead atoms. The van der Waals surface area contributed by atoms with E-state index in [0.29, 0.717) is 0 Å². The van der Waals surface area contributed by atoms with Gasteiger partial charge in [-0.1, -0.05) is 0 Å². The zero-order valence-corrected chi connectivity index (χ0v) is 9.84. The average Bonchev–Trinajstić information content (AvgIpc) is 2.12. The van der Waals surface area contributed by atoms with Gasteiger partial charge in [0.25, 0.3) is 0 Å². The van der Waals surface area contributed by atoms with Gasteiger partial charge in [-0.3, -0.25) is 0 Å². The van der Waals surface area contributed by atoms with Gasteiger partial charge in [0.1, 0.15) is 5.75 Å². The van der Waals surface area contributed by atoms with E-state index in [1.807, 2.05) is 19.9 Å². The van der Waals surface area contributed by atoms with Crippen LogP contribution in [0.4, 0.5) is 0 Å². The Labute approximate surface area is 87.9 Å². The van der Waals surface area contributed by atoms with Crippen LogP contribution in [0.1, 0.15) is 16.7 Å². The Hall–Kier alpha value is -0.340. The predicted octanol–water partition coefficient (Wildman–Crippen LogP) is 3.87. The van der Waals surface area contributed by atoms with Gasteiger partial charge in [-0.25, -0.2) is 0 Å². The van der Waals surface area contributed by atoms with Crippen molar-refractivity contribution in [2.45, 2.75) is 25.7 Å². The number of hydrogen-bond donors (Lipinski definition) is 0. The fraction of sp³-hybridized carbons (Fsp3) is 0.400. The average molecular weight is 217 g/mol. The van der Waals surface area contributed by atoms with E-state index in [1.165, 1.54) is 22.1 Å². The van der Waals surface area contributed by atoms with Crippen molar-refractivity contribution in [2.75, 3.05) is 7.11 Å². The molecule has 0 aliphatic rings. The maximum absolute atomic E-state index is 5.78.